The molecule has 0 fully saturated rings. The van der Waals surface area contributed by atoms with Crippen LogP contribution in [0.3, 0.4) is 0 Å². The number of hydrogen-bond acceptors (Lipinski definition) is 2. The Morgan fingerprint density at radius 2 is 2.18 bits per heavy atom. The number of halogens is 3. The molecular formula is C12H7BrClFO2. The van der Waals surface area contributed by atoms with Crippen LogP contribution in [0.5, 0.6) is 0 Å². The topological polar surface area (TPSA) is 30.2 Å². The second-order valence-electron chi connectivity index (χ2n) is 3.46. The fourth-order valence-electron chi connectivity index (χ4n) is 1.42. The molecule has 0 N–H and O–H groups in total. The molecule has 0 aliphatic heterocycles. The molecule has 17 heavy (non-hydrogen) atoms. The van der Waals surface area contributed by atoms with Crippen LogP contribution in [0.15, 0.2) is 39.4 Å². The first kappa shape index (κ1) is 12.3. The van der Waals surface area contributed by atoms with Crippen molar-refractivity contribution in [1.29, 1.82) is 0 Å². The quantitative estimate of drug-likeness (QED) is 0.792. The molecule has 2 aromatic rings. The Morgan fingerprint density at radius 1 is 1.41 bits per heavy atom. The lowest BCUT2D eigenvalue weighted by Crippen LogP contribution is -2.03. The minimum atomic E-state index is -0.359. The van der Waals surface area contributed by atoms with Gasteiger partial charge in [-0.1, -0.05) is 6.07 Å². The summed E-state index contributed by atoms with van der Waals surface area (Å²) < 4.78 is 18.2. The van der Waals surface area contributed by atoms with Crippen molar-refractivity contribution in [2.24, 2.45) is 0 Å². The molecule has 1 aromatic heterocycles. The maximum Gasteiger partial charge on any atom is 0.203 e. The van der Waals surface area contributed by atoms with Gasteiger partial charge in [0, 0.05) is 6.42 Å². The zero-order chi connectivity index (χ0) is 12.4. The summed E-state index contributed by atoms with van der Waals surface area (Å²) in [5, 5.41) is 0.0798. The Morgan fingerprint density at radius 3 is 2.76 bits per heavy atom. The fourth-order valence-corrected chi connectivity index (χ4v) is 2.07. The van der Waals surface area contributed by atoms with Gasteiger partial charge in [-0.3, -0.25) is 4.79 Å². The monoisotopic (exact) mass is 316 g/mol. The van der Waals surface area contributed by atoms with Crippen molar-refractivity contribution in [1.82, 2.24) is 0 Å². The predicted octanol–water partition coefficient (Wildman–Crippen LogP) is 4.26. The first-order valence-electron chi connectivity index (χ1n) is 4.78. The molecule has 88 valence electrons. The van der Waals surface area contributed by atoms with Crippen LogP contribution < -0.4 is 0 Å². The zero-order valence-electron chi connectivity index (χ0n) is 8.54. The number of carbonyl (C=O) groups is 1. The minimum absolute atomic E-state index is 0.0798. The molecule has 0 amide bonds. The Kier molecular flexibility index (Phi) is 3.64. The third-order valence-corrected chi connectivity index (χ3v) is 3.17. The van der Waals surface area contributed by atoms with Gasteiger partial charge in [0.05, 0.1) is 16.3 Å². The van der Waals surface area contributed by atoms with Gasteiger partial charge in [0.2, 0.25) is 5.22 Å². The first-order valence-corrected chi connectivity index (χ1v) is 5.95. The predicted molar refractivity (Wildman–Crippen MR) is 65.9 cm³/mol. The average Bonchev–Trinajstić information content (AvgIpc) is 2.70. The second kappa shape index (κ2) is 5.02. The molecule has 0 saturated heterocycles. The molecule has 5 heteroatoms. The fraction of sp³-hybridized carbons (Fsp3) is 0.0833. The van der Waals surface area contributed by atoms with Crippen LogP contribution in [-0.4, -0.2) is 5.78 Å². The lowest BCUT2D eigenvalue weighted by atomic mass is 10.1. The average molecular weight is 318 g/mol. The molecule has 0 atom stereocenters. The number of carbonyl (C=O) groups excluding carboxylic acids is 1. The summed E-state index contributed by atoms with van der Waals surface area (Å²) in [7, 11) is 0. The van der Waals surface area contributed by atoms with Crippen molar-refractivity contribution in [3.05, 3.63) is 57.2 Å². The van der Waals surface area contributed by atoms with E-state index in [9.17, 15) is 9.18 Å². The minimum Gasteiger partial charge on any atom is -0.452 e. The van der Waals surface area contributed by atoms with Crippen molar-refractivity contribution >= 4 is 33.3 Å². The van der Waals surface area contributed by atoms with Crippen LogP contribution in [0, 0.1) is 5.82 Å². The molecule has 2 nitrogen and oxygen atoms in total. The summed E-state index contributed by atoms with van der Waals surface area (Å²) in [4.78, 5) is 11.8. The van der Waals surface area contributed by atoms with E-state index in [0.29, 0.717) is 15.6 Å². The standard InChI is InChI=1S/C12H7BrClFO2/c13-9-5-7(1-2-10(9)15)6-11(16)8-3-4-17-12(8)14/h1-5H,6H2. The van der Waals surface area contributed by atoms with E-state index < -0.39 is 0 Å². The number of ketones is 1. The van der Waals surface area contributed by atoms with Gasteiger partial charge in [0.1, 0.15) is 5.82 Å². The van der Waals surface area contributed by atoms with Crippen LogP contribution in [0.25, 0.3) is 0 Å². The third kappa shape index (κ3) is 2.76. The van der Waals surface area contributed by atoms with Crippen LogP contribution in [0.1, 0.15) is 15.9 Å². The molecular weight excluding hydrogens is 310 g/mol. The first-order chi connectivity index (χ1) is 8.08. The number of Topliss-reactive ketones (excluding diaryl/α,β-unsaturated/α-hetero) is 1. The summed E-state index contributed by atoms with van der Waals surface area (Å²) >= 11 is 8.77. The molecule has 0 aliphatic carbocycles. The zero-order valence-corrected chi connectivity index (χ0v) is 10.9. The van der Waals surface area contributed by atoms with Crippen molar-refractivity contribution in [3.8, 4) is 0 Å². The highest BCUT2D eigenvalue weighted by atomic mass is 79.9. The number of hydrogen-bond donors (Lipinski definition) is 0. The van der Waals surface area contributed by atoms with Gasteiger partial charge in [-0.05, 0) is 51.3 Å². The van der Waals surface area contributed by atoms with Gasteiger partial charge in [0.25, 0.3) is 0 Å². The molecule has 2 rings (SSSR count). The van der Waals surface area contributed by atoms with E-state index in [-0.39, 0.29) is 23.2 Å². The van der Waals surface area contributed by atoms with Crippen molar-refractivity contribution in [2.45, 2.75) is 6.42 Å². The molecule has 1 heterocycles. The maximum absolute atomic E-state index is 13.0. The number of rotatable bonds is 3. The normalized spacial score (nSPS) is 10.5. The van der Waals surface area contributed by atoms with Gasteiger partial charge in [-0.25, -0.2) is 4.39 Å². The Balaban J connectivity index is 2.19. The summed E-state index contributed by atoms with van der Waals surface area (Å²) in [5.74, 6) is -0.523. The van der Waals surface area contributed by atoms with Crippen LogP contribution in [0.4, 0.5) is 4.39 Å². The SMILES string of the molecule is O=C(Cc1ccc(F)c(Br)c1)c1ccoc1Cl. The maximum atomic E-state index is 13.0. The number of benzene rings is 1. The lowest BCUT2D eigenvalue weighted by Gasteiger charge is -2.01. The Labute approximate surface area is 111 Å². The summed E-state index contributed by atoms with van der Waals surface area (Å²) in [6, 6.07) is 5.96. The van der Waals surface area contributed by atoms with Gasteiger partial charge in [-0.2, -0.15) is 0 Å². The number of furan rings is 1. The lowest BCUT2D eigenvalue weighted by molar-refractivity contribution is 0.0992. The van der Waals surface area contributed by atoms with Gasteiger partial charge in [0.15, 0.2) is 5.78 Å². The summed E-state index contributed by atoms with van der Waals surface area (Å²) in [6.45, 7) is 0. The van der Waals surface area contributed by atoms with Crippen molar-refractivity contribution < 1.29 is 13.6 Å². The van der Waals surface area contributed by atoms with E-state index >= 15 is 0 Å². The largest absolute Gasteiger partial charge is 0.452 e. The van der Waals surface area contributed by atoms with Crippen molar-refractivity contribution in [3.63, 3.8) is 0 Å². The van der Waals surface area contributed by atoms with Crippen LogP contribution in [0.2, 0.25) is 5.22 Å². The molecule has 0 radical (unpaired) electrons. The van der Waals surface area contributed by atoms with E-state index in [2.05, 4.69) is 15.9 Å². The molecule has 1 aromatic carbocycles. The Bertz CT molecular complexity index is 565. The van der Waals surface area contributed by atoms with Crippen molar-refractivity contribution in [2.75, 3.05) is 0 Å². The Hall–Kier alpha value is -1.13. The second-order valence-corrected chi connectivity index (χ2v) is 4.65. The summed E-state index contributed by atoms with van der Waals surface area (Å²) in [6.07, 6.45) is 1.51. The molecule has 0 spiro atoms. The highest BCUT2D eigenvalue weighted by Crippen LogP contribution is 2.21. The van der Waals surface area contributed by atoms with Gasteiger partial charge < -0.3 is 4.42 Å². The third-order valence-electron chi connectivity index (χ3n) is 2.27. The van der Waals surface area contributed by atoms with Gasteiger partial charge in [-0.15, -0.1) is 0 Å². The van der Waals surface area contributed by atoms with E-state index in [0.717, 1.165) is 0 Å². The van der Waals surface area contributed by atoms with E-state index in [4.69, 9.17) is 16.0 Å². The van der Waals surface area contributed by atoms with Crippen LogP contribution in [-0.2, 0) is 6.42 Å². The molecule has 0 saturated carbocycles. The highest BCUT2D eigenvalue weighted by molar-refractivity contribution is 9.10. The smallest absolute Gasteiger partial charge is 0.203 e. The van der Waals surface area contributed by atoms with Crippen LogP contribution >= 0.6 is 27.5 Å². The van der Waals surface area contributed by atoms with E-state index in [1.165, 1.54) is 18.4 Å². The molecule has 0 unspecified atom stereocenters. The molecule has 0 aliphatic rings. The molecule has 0 bridgehead atoms. The van der Waals surface area contributed by atoms with E-state index in [1.807, 2.05) is 0 Å². The van der Waals surface area contributed by atoms with E-state index in [1.54, 1.807) is 12.1 Å². The highest BCUT2D eigenvalue weighted by Gasteiger charge is 2.14. The summed E-state index contributed by atoms with van der Waals surface area (Å²) in [5.41, 5.74) is 1.05. The van der Waals surface area contributed by atoms with Gasteiger partial charge >= 0.3 is 0 Å².